The molecular weight excluding hydrogens is 164 g/mol. The fourth-order valence-electron chi connectivity index (χ4n) is 0.721. The molecule has 0 aliphatic rings. The highest BCUT2D eigenvalue weighted by atomic mass is 16.6. The first-order valence-corrected chi connectivity index (χ1v) is 2.98. The molecule has 0 aromatic carbocycles. The van der Waals surface area contributed by atoms with Crippen molar-refractivity contribution >= 4 is 12.1 Å². The van der Waals surface area contributed by atoms with Gasteiger partial charge in [-0.2, -0.15) is 0 Å². The Morgan fingerprint density at radius 2 is 2.17 bits per heavy atom. The molecule has 1 heterocycles. The van der Waals surface area contributed by atoms with Gasteiger partial charge in [0, 0.05) is 6.07 Å². The van der Waals surface area contributed by atoms with Gasteiger partial charge in [-0.1, -0.05) is 0 Å². The lowest BCUT2D eigenvalue weighted by atomic mass is 10.3. The van der Waals surface area contributed by atoms with Crippen LogP contribution < -0.4 is 5.56 Å². The van der Waals surface area contributed by atoms with Crippen LogP contribution in [-0.2, 0) is 0 Å². The second-order valence-electron chi connectivity index (χ2n) is 2.00. The number of carbonyl (C=O) groups excluding carboxylic acids is 1. The van der Waals surface area contributed by atoms with Crippen LogP contribution in [0.25, 0.3) is 0 Å². The van der Waals surface area contributed by atoms with E-state index in [1.165, 1.54) is 0 Å². The zero-order valence-corrected chi connectivity index (χ0v) is 5.81. The third-order valence-corrected chi connectivity index (χ3v) is 1.24. The number of aldehydes is 1. The molecule has 0 amide bonds. The minimum atomic E-state index is -0.814. The van der Waals surface area contributed by atoms with Gasteiger partial charge in [0.25, 0.3) is 0 Å². The molecule has 1 rings (SSSR count). The molecule has 0 unspecified atom stereocenters. The van der Waals surface area contributed by atoms with Crippen molar-refractivity contribution < 1.29 is 9.72 Å². The lowest BCUT2D eigenvalue weighted by molar-refractivity contribution is -0.389. The van der Waals surface area contributed by atoms with Crippen molar-refractivity contribution in [3.05, 3.63) is 38.2 Å². The van der Waals surface area contributed by atoms with Gasteiger partial charge in [-0.05, 0) is 11.0 Å². The second-order valence-corrected chi connectivity index (χ2v) is 2.00. The predicted octanol–water partition coefficient (Wildman–Crippen LogP) is 0.0956. The average Bonchev–Trinajstić information content (AvgIpc) is 2.04. The molecule has 1 N–H and O–H groups in total. The van der Waals surface area contributed by atoms with E-state index < -0.39 is 16.3 Å². The topological polar surface area (TPSA) is 93.1 Å². The van der Waals surface area contributed by atoms with Crippen molar-refractivity contribution in [3.8, 4) is 0 Å². The van der Waals surface area contributed by atoms with Crippen LogP contribution in [0.5, 0.6) is 0 Å². The number of hydrogen-bond donors (Lipinski definition) is 1. The molecule has 0 saturated heterocycles. The van der Waals surface area contributed by atoms with Gasteiger partial charge in [-0.25, -0.2) is 9.78 Å². The van der Waals surface area contributed by atoms with Gasteiger partial charge < -0.3 is 10.1 Å². The van der Waals surface area contributed by atoms with Crippen molar-refractivity contribution in [1.29, 1.82) is 0 Å². The van der Waals surface area contributed by atoms with Gasteiger partial charge in [-0.3, -0.25) is 4.79 Å². The van der Waals surface area contributed by atoms with E-state index in [0.29, 0.717) is 6.29 Å². The van der Waals surface area contributed by atoms with E-state index in [2.05, 4.69) is 0 Å². The zero-order chi connectivity index (χ0) is 9.14. The minimum absolute atomic E-state index is 0.139. The van der Waals surface area contributed by atoms with Crippen LogP contribution in [0, 0.1) is 10.1 Å². The van der Waals surface area contributed by atoms with E-state index in [1.807, 2.05) is 4.98 Å². The molecule has 0 bridgehead atoms. The summed E-state index contributed by atoms with van der Waals surface area (Å²) < 4.78 is 0. The number of pyridine rings is 1. The predicted molar refractivity (Wildman–Crippen MR) is 39.1 cm³/mol. The maximum atomic E-state index is 10.6. The molecule has 0 atom stereocenters. The highest BCUT2D eigenvalue weighted by Crippen LogP contribution is 2.08. The number of aromatic amines is 1. The molecule has 0 fully saturated rings. The summed E-state index contributed by atoms with van der Waals surface area (Å²) in [6.45, 7) is 0. The summed E-state index contributed by atoms with van der Waals surface area (Å²) in [6, 6.07) is 2.15. The van der Waals surface area contributed by atoms with Gasteiger partial charge in [0.2, 0.25) is 0 Å². The third kappa shape index (κ3) is 1.36. The maximum absolute atomic E-state index is 10.6. The van der Waals surface area contributed by atoms with Crippen LogP contribution in [0.3, 0.4) is 0 Å². The SMILES string of the molecule is O=Cc1ccc(=O)[nH]c1[N+](=O)[O-]. The van der Waals surface area contributed by atoms with Gasteiger partial charge in [0.05, 0.1) is 0 Å². The molecule has 0 aliphatic heterocycles. The Morgan fingerprint density at radius 1 is 1.50 bits per heavy atom. The maximum Gasteiger partial charge on any atom is 0.334 e. The van der Waals surface area contributed by atoms with Crippen LogP contribution in [0.2, 0.25) is 0 Å². The van der Waals surface area contributed by atoms with Crippen molar-refractivity contribution in [2.75, 3.05) is 0 Å². The highest BCUT2D eigenvalue weighted by molar-refractivity contribution is 5.79. The van der Waals surface area contributed by atoms with Gasteiger partial charge in [0.1, 0.15) is 5.56 Å². The van der Waals surface area contributed by atoms with Crippen molar-refractivity contribution in [2.24, 2.45) is 0 Å². The van der Waals surface area contributed by atoms with Crippen LogP contribution in [0.4, 0.5) is 5.82 Å². The van der Waals surface area contributed by atoms with E-state index >= 15 is 0 Å². The second kappa shape index (κ2) is 2.95. The number of rotatable bonds is 2. The molecule has 62 valence electrons. The van der Waals surface area contributed by atoms with E-state index in [0.717, 1.165) is 12.1 Å². The molecule has 6 heteroatoms. The molecule has 1 aromatic rings. The number of nitrogens with zero attached hydrogens (tertiary/aromatic N) is 1. The summed E-state index contributed by atoms with van der Waals surface area (Å²) >= 11 is 0. The summed E-state index contributed by atoms with van der Waals surface area (Å²) in [5, 5.41) is 10.2. The number of nitrogens with one attached hydrogen (secondary N) is 1. The summed E-state index contributed by atoms with van der Waals surface area (Å²) in [7, 11) is 0. The summed E-state index contributed by atoms with van der Waals surface area (Å²) in [6.07, 6.45) is 0.314. The van der Waals surface area contributed by atoms with E-state index in [-0.39, 0.29) is 5.56 Å². The molecule has 1 aromatic heterocycles. The zero-order valence-electron chi connectivity index (χ0n) is 5.81. The molecular formula is C6H4N2O4. The number of hydrogen-bond acceptors (Lipinski definition) is 4. The Hall–Kier alpha value is -1.98. The first-order chi connectivity index (χ1) is 5.65. The highest BCUT2D eigenvalue weighted by Gasteiger charge is 2.11. The molecule has 0 saturated carbocycles. The normalized spacial score (nSPS) is 9.33. The van der Waals surface area contributed by atoms with Crippen LogP contribution >= 0.6 is 0 Å². The summed E-state index contributed by atoms with van der Waals surface area (Å²) in [5.74, 6) is -0.572. The Morgan fingerprint density at radius 3 is 2.67 bits per heavy atom. The standard InChI is InChI=1S/C6H4N2O4/c9-3-4-1-2-5(10)7-6(4)8(11)12/h1-3H,(H,7,10). The lowest BCUT2D eigenvalue weighted by Gasteiger charge is -1.94. The Bertz CT molecular complexity index is 381. The van der Waals surface area contributed by atoms with Gasteiger partial charge >= 0.3 is 11.4 Å². The first kappa shape index (κ1) is 8.12. The number of nitro groups is 1. The molecule has 12 heavy (non-hydrogen) atoms. The number of H-pyrrole nitrogens is 1. The van der Waals surface area contributed by atoms with Crippen LogP contribution in [0.1, 0.15) is 10.4 Å². The van der Waals surface area contributed by atoms with Crippen molar-refractivity contribution in [2.45, 2.75) is 0 Å². The number of aromatic nitrogens is 1. The smallest absolute Gasteiger partial charge is 0.334 e. The quantitative estimate of drug-likeness (QED) is 0.385. The van der Waals surface area contributed by atoms with E-state index in [1.54, 1.807) is 0 Å². The van der Waals surface area contributed by atoms with Gasteiger partial charge in [-0.15, -0.1) is 0 Å². The summed E-state index contributed by atoms with van der Waals surface area (Å²) in [5.41, 5.74) is -0.744. The third-order valence-electron chi connectivity index (χ3n) is 1.24. The largest absolute Gasteiger partial charge is 0.358 e. The molecule has 6 nitrogen and oxygen atoms in total. The average molecular weight is 168 g/mol. The lowest BCUT2D eigenvalue weighted by Crippen LogP contribution is -2.09. The molecule has 0 radical (unpaired) electrons. The Labute approximate surface area is 66.0 Å². The van der Waals surface area contributed by atoms with Gasteiger partial charge in [0.15, 0.2) is 6.29 Å². The van der Waals surface area contributed by atoms with Crippen LogP contribution in [0.15, 0.2) is 16.9 Å². The monoisotopic (exact) mass is 168 g/mol. The van der Waals surface area contributed by atoms with Crippen molar-refractivity contribution in [3.63, 3.8) is 0 Å². The fourth-order valence-corrected chi connectivity index (χ4v) is 0.721. The first-order valence-electron chi connectivity index (χ1n) is 2.98. The Balaban J connectivity index is 3.41. The number of carbonyl (C=O) groups is 1. The fraction of sp³-hybridized carbons (Fsp3) is 0. The minimum Gasteiger partial charge on any atom is -0.358 e. The van der Waals surface area contributed by atoms with E-state index in [9.17, 15) is 19.7 Å². The molecule has 0 spiro atoms. The van der Waals surface area contributed by atoms with Crippen LogP contribution in [-0.4, -0.2) is 16.2 Å². The Kier molecular flexibility index (Phi) is 2.00. The summed E-state index contributed by atoms with van der Waals surface area (Å²) in [4.78, 5) is 32.1. The van der Waals surface area contributed by atoms with E-state index in [4.69, 9.17) is 0 Å². The molecule has 0 aliphatic carbocycles. The van der Waals surface area contributed by atoms with Crippen molar-refractivity contribution in [1.82, 2.24) is 4.98 Å².